The molecular formula is C14H22FN3O2S. The highest BCUT2D eigenvalue weighted by atomic mass is 32.2. The molecule has 1 aromatic rings. The molecule has 5 nitrogen and oxygen atoms in total. The molecule has 0 spiro atoms. The normalized spacial score (nSPS) is 21.8. The number of nitrogens with one attached hydrogen (secondary N) is 1. The number of sulfone groups is 1. The fraction of sp³-hybridized carbons (Fsp3) is 0.643. The lowest BCUT2D eigenvalue weighted by Gasteiger charge is -2.35. The Kier molecular flexibility index (Phi) is 4.83. The second-order valence-electron chi connectivity index (χ2n) is 5.83. The Hall–Kier alpha value is -1.21. The summed E-state index contributed by atoms with van der Waals surface area (Å²) in [6.07, 6.45) is 1.18. The predicted molar refractivity (Wildman–Crippen MR) is 81.6 cm³/mol. The van der Waals surface area contributed by atoms with E-state index in [9.17, 15) is 12.8 Å². The second-order valence-corrected chi connectivity index (χ2v) is 8.06. The largest absolute Gasteiger partial charge is 0.352 e. The maximum absolute atomic E-state index is 13.5. The number of hydrogen-bond donors (Lipinski definition) is 1. The lowest BCUT2D eigenvalue weighted by Crippen LogP contribution is -2.47. The average molecular weight is 315 g/mol. The average Bonchev–Trinajstić information content (AvgIpc) is 2.36. The van der Waals surface area contributed by atoms with Gasteiger partial charge in [-0.15, -0.1) is 0 Å². The van der Waals surface area contributed by atoms with Gasteiger partial charge < -0.3 is 10.2 Å². The van der Waals surface area contributed by atoms with Gasteiger partial charge in [0.15, 0.2) is 9.84 Å². The van der Waals surface area contributed by atoms with Crippen molar-refractivity contribution >= 4 is 15.7 Å². The standard InChI is InChI=1S/C14H22FN3O2S/c1-10(2)16-7-12-6-13(15)8-17-14(12)18-4-5-21(19,20)9-11(18)3/h6,8,10-11,16H,4-5,7,9H2,1-3H3. The molecule has 2 rings (SSSR count). The quantitative estimate of drug-likeness (QED) is 0.908. The molecule has 1 aliphatic rings. The molecule has 0 bridgehead atoms. The van der Waals surface area contributed by atoms with E-state index in [1.54, 1.807) is 0 Å². The van der Waals surface area contributed by atoms with Crippen LogP contribution < -0.4 is 10.2 Å². The molecule has 7 heteroatoms. The van der Waals surface area contributed by atoms with Crippen LogP contribution in [0.1, 0.15) is 26.3 Å². The second kappa shape index (κ2) is 6.27. The van der Waals surface area contributed by atoms with Gasteiger partial charge in [-0.3, -0.25) is 0 Å². The van der Waals surface area contributed by atoms with Crippen molar-refractivity contribution in [3.05, 3.63) is 23.6 Å². The van der Waals surface area contributed by atoms with Crippen LogP contribution in [-0.2, 0) is 16.4 Å². The minimum absolute atomic E-state index is 0.114. The summed E-state index contributed by atoms with van der Waals surface area (Å²) in [7, 11) is -2.98. The molecule has 1 aromatic heterocycles. The number of pyridine rings is 1. The monoisotopic (exact) mass is 315 g/mol. The van der Waals surface area contributed by atoms with E-state index < -0.39 is 9.84 Å². The molecule has 0 aromatic carbocycles. The van der Waals surface area contributed by atoms with Crippen LogP contribution in [0.3, 0.4) is 0 Å². The first-order chi connectivity index (χ1) is 9.78. The Morgan fingerprint density at radius 3 is 2.86 bits per heavy atom. The Balaban J connectivity index is 2.26. The lowest BCUT2D eigenvalue weighted by molar-refractivity contribution is 0.557. The molecule has 1 fully saturated rings. The van der Waals surface area contributed by atoms with Crippen molar-refractivity contribution in [1.82, 2.24) is 10.3 Å². The van der Waals surface area contributed by atoms with Crippen LogP contribution in [-0.4, -0.2) is 43.5 Å². The van der Waals surface area contributed by atoms with Crippen LogP contribution in [0.25, 0.3) is 0 Å². The van der Waals surface area contributed by atoms with Gasteiger partial charge in [-0.1, -0.05) is 13.8 Å². The minimum Gasteiger partial charge on any atom is -0.352 e. The topological polar surface area (TPSA) is 62.3 Å². The Labute approximate surface area is 125 Å². The Morgan fingerprint density at radius 2 is 2.24 bits per heavy atom. The van der Waals surface area contributed by atoms with Crippen molar-refractivity contribution in [2.75, 3.05) is 23.0 Å². The van der Waals surface area contributed by atoms with Crippen molar-refractivity contribution in [3.8, 4) is 0 Å². The van der Waals surface area contributed by atoms with Crippen molar-refractivity contribution in [1.29, 1.82) is 0 Å². The van der Waals surface area contributed by atoms with E-state index in [1.165, 1.54) is 12.3 Å². The zero-order chi connectivity index (χ0) is 15.6. The van der Waals surface area contributed by atoms with E-state index >= 15 is 0 Å². The van der Waals surface area contributed by atoms with Gasteiger partial charge in [0.25, 0.3) is 0 Å². The molecule has 2 heterocycles. The predicted octanol–water partition coefficient (Wildman–Crippen LogP) is 1.34. The van der Waals surface area contributed by atoms with E-state index in [-0.39, 0.29) is 29.4 Å². The van der Waals surface area contributed by atoms with Gasteiger partial charge in [-0.25, -0.2) is 17.8 Å². The Bertz CT molecular complexity index is 604. The van der Waals surface area contributed by atoms with Crippen molar-refractivity contribution in [2.24, 2.45) is 0 Å². The van der Waals surface area contributed by atoms with Gasteiger partial charge >= 0.3 is 0 Å². The molecule has 0 radical (unpaired) electrons. The van der Waals surface area contributed by atoms with Crippen molar-refractivity contribution in [2.45, 2.75) is 39.4 Å². The maximum atomic E-state index is 13.5. The Morgan fingerprint density at radius 1 is 1.52 bits per heavy atom. The van der Waals surface area contributed by atoms with Crippen LogP contribution in [0.2, 0.25) is 0 Å². The summed E-state index contributed by atoms with van der Waals surface area (Å²) in [4.78, 5) is 6.15. The van der Waals surface area contributed by atoms with Crippen LogP contribution in [0.4, 0.5) is 10.2 Å². The fourth-order valence-corrected chi connectivity index (χ4v) is 4.05. The van der Waals surface area contributed by atoms with Crippen molar-refractivity contribution < 1.29 is 12.8 Å². The molecule has 0 aliphatic carbocycles. The van der Waals surface area contributed by atoms with Crippen LogP contribution in [0, 0.1) is 5.82 Å². The van der Waals surface area contributed by atoms with Gasteiger partial charge in [0.1, 0.15) is 11.6 Å². The number of nitrogens with zero attached hydrogens (tertiary/aromatic N) is 2. The summed E-state index contributed by atoms with van der Waals surface area (Å²) in [6.45, 7) is 6.80. The smallest absolute Gasteiger partial charge is 0.154 e. The molecule has 1 aliphatic heterocycles. The van der Waals surface area contributed by atoms with Crippen LogP contribution in [0.5, 0.6) is 0 Å². The molecule has 1 atom stereocenters. The highest BCUT2D eigenvalue weighted by Gasteiger charge is 2.30. The minimum atomic E-state index is -2.98. The van der Waals surface area contributed by atoms with Gasteiger partial charge in [-0.05, 0) is 13.0 Å². The first-order valence-corrected chi connectivity index (χ1v) is 8.95. The summed E-state index contributed by atoms with van der Waals surface area (Å²) >= 11 is 0. The van der Waals surface area contributed by atoms with E-state index in [1.807, 2.05) is 25.7 Å². The zero-order valence-electron chi connectivity index (χ0n) is 12.6. The highest BCUT2D eigenvalue weighted by molar-refractivity contribution is 7.91. The molecule has 1 N–H and O–H groups in total. The summed E-state index contributed by atoms with van der Waals surface area (Å²) in [5.74, 6) is 0.528. The van der Waals surface area contributed by atoms with E-state index in [0.717, 1.165) is 5.56 Å². The summed E-state index contributed by atoms with van der Waals surface area (Å²) in [5, 5.41) is 3.25. The van der Waals surface area contributed by atoms with Crippen molar-refractivity contribution in [3.63, 3.8) is 0 Å². The molecule has 1 unspecified atom stereocenters. The molecular weight excluding hydrogens is 293 g/mol. The highest BCUT2D eigenvalue weighted by Crippen LogP contribution is 2.24. The number of aromatic nitrogens is 1. The third-order valence-corrected chi connectivity index (χ3v) is 5.35. The first-order valence-electron chi connectivity index (χ1n) is 7.13. The summed E-state index contributed by atoms with van der Waals surface area (Å²) in [5.41, 5.74) is 0.759. The van der Waals surface area contributed by atoms with Gasteiger partial charge in [-0.2, -0.15) is 0 Å². The van der Waals surface area contributed by atoms with E-state index in [0.29, 0.717) is 18.9 Å². The molecule has 118 valence electrons. The molecule has 21 heavy (non-hydrogen) atoms. The van der Waals surface area contributed by atoms with E-state index in [2.05, 4.69) is 10.3 Å². The van der Waals surface area contributed by atoms with Gasteiger partial charge in [0.2, 0.25) is 0 Å². The summed E-state index contributed by atoms with van der Waals surface area (Å²) in [6, 6.07) is 1.59. The first kappa shape index (κ1) is 16.2. The van der Waals surface area contributed by atoms with Crippen LogP contribution in [0.15, 0.2) is 12.3 Å². The molecule has 1 saturated heterocycles. The fourth-order valence-electron chi connectivity index (χ4n) is 2.49. The summed E-state index contributed by atoms with van der Waals surface area (Å²) < 4.78 is 36.8. The number of anilines is 1. The van der Waals surface area contributed by atoms with E-state index in [4.69, 9.17) is 0 Å². The number of rotatable bonds is 4. The maximum Gasteiger partial charge on any atom is 0.154 e. The van der Waals surface area contributed by atoms with Gasteiger partial charge in [0, 0.05) is 30.7 Å². The molecule has 0 amide bonds. The third kappa shape index (κ3) is 4.14. The molecule has 0 saturated carbocycles. The number of halogens is 1. The third-order valence-electron chi connectivity index (χ3n) is 3.55. The SMILES string of the molecule is CC(C)NCc1cc(F)cnc1N1CCS(=O)(=O)CC1C. The zero-order valence-corrected chi connectivity index (χ0v) is 13.5. The lowest BCUT2D eigenvalue weighted by atomic mass is 10.2. The number of hydrogen-bond acceptors (Lipinski definition) is 5. The van der Waals surface area contributed by atoms with Gasteiger partial charge in [0.05, 0.1) is 17.7 Å². The van der Waals surface area contributed by atoms with Crippen LogP contribution >= 0.6 is 0 Å².